The normalized spacial score (nSPS) is 31.6. The SMILES string of the molecule is CCC1CN(C)CCCN1CC1(O)CCCC1. The number of hydrogen-bond acceptors (Lipinski definition) is 3. The van der Waals surface area contributed by atoms with Gasteiger partial charge in [-0.15, -0.1) is 0 Å². The maximum Gasteiger partial charge on any atom is 0.0774 e. The van der Waals surface area contributed by atoms with Crippen molar-refractivity contribution < 1.29 is 5.11 Å². The van der Waals surface area contributed by atoms with Gasteiger partial charge in [0.2, 0.25) is 0 Å². The van der Waals surface area contributed by atoms with Crippen molar-refractivity contribution in [2.24, 2.45) is 0 Å². The number of β-amino-alcohol motifs (C(OH)–C–C–N with tert-alkyl or cyclic N) is 1. The summed E-state index contributed by atoms with van der Waals surface area (Å²) in [6, 6.07) is 0.632. The molecule has 2 rings (SSSR count). The lowest BCUT2D eigenvalue weighted by Crippen LogP contribution is -2.48. The minimum absolute atomic E-state index is 0.379. The molecule has 0 radical (unpaired) electrons. The topological polar surface area (TPSA) is 26.7 Å². The molecule has 17 heavy (non-hydrogen) atoms. The predicted molar refractivity (Wildman–Crippen MR) is 71.2 cm³/mol. The van der Waals surface area contributed by atoms with E-state index in [0.29, 0.717) is 6.04 Å². The molecule has 2 aliphatic rings. The van der Waals surface area contributed by atoms with Crippen molar-refractivity contribution in [1.29, 1.82) is 0 Å². The Morgan fingerprint density at radius 1 is 1.18 bits per heavy atom. The van der Waals surface area contributed by atoms with E-state index in [4.69, 9.17) is 0 Å². The Bertz CT molecular complexity index is 238. The molecule has 100 valence electrons. The highest BCUT2D eigenvalue weighted by Gasteiger charge is 2.35. The smallest absolute Gasteiger partial charge is 0.0774 e. The predicted octanol–water partition coefficient (Wildman–Crippen LogP) is 1.71. The van der Waals surface area contributed by atoms with Crippen LogP contribution in [-0.2, 0) is 0 Å². The molecule has 2 fully saturated rings. The van der Waals surface area contributed by atoms with Crippen molar-refractivity contribution in [3.05, 3.63) is 0 Å². The Morgan fingerprint density at radius 3 is 2.53 bits per heavy atom. The lowest BCUT2D eigenvalue weighted by atomic mass is 10.00. The van der Waals surface area contributed by atoms with Crippen LogP contribution in [0.4, 0.5) is 0 Å². The van der Waals surface area contributed by atoms with Crippen LogP contribution in [0, 0.1) is 0 Å². The highest BCUT2D eigenvalue weighted by molar-refractivity contribution is 4.90. The Hall–Kier alpha value is -0.120. The summed E-state index contributed by atoms with van der Waals surface area (Å²) in [6.45, 7) is 6.69. The Kier molecular flexibility index (Phi) is 4.45. The summed E-state index contributed by atoms with van der Waals surface area (Å²) in [5.41, 5.74) is -0.379. The van der Waals surface area contributed by atoms with Crippen molar-refractivity contribution in [2.75, 3.05) is 33.2 Å². The van der Waals surface area contributed by atoms with Gasteiger partial charge in [0.25, 0.3) is 0 Å². The Labute approximate surface area is 106 Å². The van der Waals surface area contributed by atoms with Gasteiger partial charge in [0, 0.05) is 19.1 Å². The number of aliphatic hydroxyl groups is 1. The quantitative estimate of drug-likeness (QED) is 0.813. The highest BCUT2D eigenvalue weighted by atomic mass is 16.3. The first-order chi connectivity index (χ1) is 8.13. The summed E-state index contributed by atoms with van der Waals surface area (Å²) in [4.78, 5) is 4.99. The van der Waals surface area contributed by atoms with E-state index >= 15 is 0 Å². The van der Waals surface area contributed by atoms with E-state index in [0.717, 1.165) is 32.5 Å². The van der Waals surface area contributed by atoms with E-state index in [9.17, 15) is 5.11 Å². The van der Waals surface area contributed by atoms with Gasteiger partial charge >= 0.3 is 0 Å². The largest absolute Gasteiger partial charge is 0.389 e. The molecule has 1 saturated heterocycles. The average Bonchev–Trinajstić information content (AvgIpc) is 2.63. The van der Waals surface area contributed by atoms with Crippen LogP contribution < -0.4 is 0 Å². The molecule has 0 spiro atoms. The molecule has 0 aromatic rings. The zero-order chi connectivity index (χ0) is 12.3. The molecule has 0 bridgehead atoms. The molecule has 0 amide bonds. The maximum atomic E-state index is 10.6. The molecule has 3 nitrogen and oxygen atoms in total. The third-order valence-electron chi connectivity index (χ3n) is 4.53. The molecule has 0 aromatic heterocycles. The van der Waals surface area contributed by atoms with Crippen molar-refractivity contribution in [1.82, 2.24) is 9.80 Å². The van der Waals surface area contributed by atoms with Crippen LogP contribution in [0.15, 0.2) is 0 Å². The number of likely N-dealkylation sites (N-methyl/N-ethyl adjacent to an activating group) is 1. The second kappa shape index (κ2) is 5.68. The van der Waals surface area contributed by atoms with Crippen LogP contribution in [-0.4, -0.2) is 59.8 Å². The molecule has 1 atom stereocenters. The first-order valence-electron chi connectivity index (χ1n) is 7.28. The molecule has 1 heterocycles. The summed E-state index contributed by atoms with van der Waals surface area (Å²) in [5.74, 6) is 0. The van der Waals surface area contributed by atoms with Gasteiger partial charge in [0.05, 0.1) is 5.60 Å². The van der Waals surface area contributed by atoms with Gasteiger partial charge in [-0.25, -0.2) is 0 Å². The Balaban J connectivity index is 1.96. The number of rotatable bonds is 3. The molecular formula is C14H28N2O. The maximum absolute atomic E-state index is 10.6. The summed E-state index contributed by atoms with van der Waals surface area (Å²) in [5, 5.41) is 10.6. The Morgan fingerprint density at radius 2 is 1.88 bits per heavy atom. The molecule has 1 unspecified atom stereocenters. The second-order valence-electron chi connectivity index (χ2n) is 6.08. The molecule has 3 heteroatoms. The summed E-state index contributed by atoms with van der Waals surface area (Å²) in [6.07, 6.45) is 6.87. The van der Waals surface area contributed by atoms with Crippen LogP contribution in [0.2, 0.25) is 0 Å². The van der Waals surface area contributed by atoms with E-state index < -0.39 is 0 Å². The van der Waals surface area contributed by atoms with Crippen molar-refractivity contribution in [2.45, 2.75) is 57.1 Å². The lowest BCUT2D eigenvalue weighted by Gasteiger charge is -2.36. The van der Waals surface area contributed by atoms with E-state index in [-0.39, 0.29) is 5.60 Å². The third-order valence-corrected chi connectivity index (χ3v) is 4.53. The first-order valence-corrected chi connectivity index (χ1v) is 7.28. The molecular weight excluding hydrogens is 212 g/mol. The standard InChI is InChI=1S/C14H28N2O/c1-3-13-11-15(2)9-6-10-16(13)12-14(17)7-4-5-8-14/h13,17H,3-12H2,1-2H3. The zero-order valence-corrected chi connectivity index (χ0v) is 11.5. The molecule has 1 aliphatic heterocycles. The van der Waals surface area contributed by atoms with E-state index in [1.165, 1.54) is 32.2 Å². The zero-order valence-electron chi connectivity index (χ0n) is 11.5. The van der Waals surface area contributed by atoms with Crippen molar-refractivity contribution >= 4 is 0 Å². The third kappa shape index (κ3) is 3.43. The van der Waals surface area contributed by atoms with Gasteiger partial charge in [-0.2, -0.15) is 0 Å². The van der Waals surface area contributed by atoms with Gasteiger partial charge in [-0.1, -0.05) is 19.8 Å². The van der Waals surface area contributed by atoms with Crippen LogP contribution in [0.25, 0.3) is 0 Å². The monoisotopic (exact) mass is 240 g/mol. The summed E-state index contributed by atoms with van der Waals surface area (Å²) < 4.78 is 0. The molecule has 1 aliphatic carbocycles. The van der Waals surface area contributed by atoms with Gasteiger partial charge in [0.15, 0.2) is 0 Å². The summed E-state index contributed by atoms with van der Waals surface area (Å²) >= 11 is 0. The number of nitrogens with zero attached hydrogens (tertiary/aromatic N) is 2. The summed E-state index contributed by atoms with van der Waals surface area (Å²) in [7, 11) is 2.22. The molecule has 1 N–H and O–H groups in total. The molecule has 1 saturated carbocycles. The highest BCUT2D eigenvalue weighted by Crippen LogP contribution is 2.31. The minimum Gasteiger partial charge on any atom is -0.389 e. The van der Waals surface area contributed by atoms with Gasteiger partial charge < -0.3 is 10.0 Å². The average molecular weight is 240 g/mol. The fraction of sp³-hybridized carbons (Fsp3) is 1.00. The first kappa shape index (κ1) is 13.3. The van der Waals surface area contributed by atoms with Crippen molar-refractivity contribution in [3.8, 4) is 0 Å². The van der Waals surface area contributed by atoms with Crippen LogP contribution in [0.1, 0.15) is 45.4 Å². The second-order valence-corrected chi connectivity index (χ2v) is 6.08. The fourth-order valence-corrected chi connectivity index (χ4v) is 3.46. The van der Waals surface area contributed by atoms with Gasteiger partial charge in [-0.3, -0.25) is 4.90 Å². The minimum atomic E-state index is -0.379. The van der Waals surface area contributed by atoms with Crippen LogP contribution >= 0.6 is 0 Å². The fourth-order valence-electron chi connectivity index (χ4n) is 3.46. The van der Waals surface area contributed by atoms with E-state index in [1.54, 1.807) is 0 Å². The van der Waals surface area contributed by atoms with E-state index in [1.807, 2.05) is 0 Å². The van der Waals surface area contributed by atoms with Crippen molar-refractivity contribution in [3.63, 3.8) is 0 Å². The van der Waals surface area contributed by atoms with Crippen LogP contribution in [0.5, 0.6) is 0 Å². The van der Waals surface area contributed by atoms with Crippen LogP contribution in [0.3, 0.4) is 0 Å². The van der Waals surface area contributed by atoms with Gasteiger partial charge in [0.1, 0.15) is 0 Å². The van der Waals surface area contributed by atoms with Gasteiger partial charge in [-0.05, 0) is 45.8 Å². The number of hydrogen-bond donors (Lipinski definition) is 1. The molecule has 0 aromatic carbocycles. The lowest BCUT2D eigenvalue weighted by molar-refractivity contribution is -0.00325. The van der Waals surface area contributed by atoms with E-state index in [2.05, 4.69) is 23.8 Å².